The number of nitrogens with two attached hydrogens (primary N) is 1. The number of phenols is 1. The molecule has 2 atom stereocenters. The fourth-order valence-corrected chi connectivity index (χ4v) is 3.53. The van der Waals surface area contributed by atoms with Gasteiger partial charge >= 0.3 is 0 Å². The largest absolute Gasteiger partial charge is 0.507 e. The topological polar surface area (TPSA) is 46.2 Å². The molecule has 1 aliphatic rings. The molecule has 0 radical (unpaired) electrons. The average Bonchev–Trinajstić information content (AvgIpc) is 2.75. The molecule has 20 heavy (non-hydrogen) atoms. The molecule has 0 saturated carbocycles. The minimum absolute atomic E-state index is 0.121. The van der Waals surface area contributed by atoms with E-state index in [2.05, 4.69) is 44.2 Å². The van der Waals surface area contributed by atoms with E-state index in [-0.39, 0.29) is 12.0 Å². The normalized spacial score (nSPS) is 21.0. The van der Waals surface area contributed by atoms with Crippen LogP contribution in [0.15, 0.2) is 30.3 Å². The van der Waals surface area contributed by atoms with E-state index < -0.39 is 0 Å². The molecule has 0 aromatic heterocycles. The summed E-state index contributed by atoms with van der Waals surface area (Å²) in [5, 5.41) is 10.4. The van der Waals surface area contributed by atoms with Gasteiger partial charge < -0.3 is 10.8 Å². The summed E-state index contributed by atoms with van der Waals surface area (Å²) in [5.41, 5.74) is 13.4. The minimum Gasteiger partial charge on any atom is -0.507 e. The zero-order valence-electron chi connectivity index (χ0n) is 12.3. The highest BCUT2D eigenvalue weighted by Gasteiger charge is 2.35. The first-order valence-electron chi connectivity index (χ1n) is 7.13. The van der Waals surface area contributed by atoms with E-state index in [1.54, 1.807) is 0 Å². The maximum absolute atomic E-state index is 10.4. The molecular weight excluding hydrogens is 246 g/mol. The number of aromatic hydroxyl groups is 1. The standard InChI is InChI=1S/C18H21NO/c1-10-6-4-5-7-13(10)15-9-14-11(2)8-12(3)18(20)16(14)17(15)19/h4-8,15,17,20H,9,19H2,1-3H3/t15-,17+/m0/s1. The van der Waals surface area contributed by atoms with Gasteiger partial charge in [0.1, 0.15) is 5.75 Å². The van der Waals surface area contributed by atoms with Crippen molar-refractivity contribution in [2.75, 3.05) is 0 Å². The molecule has 0 fully saturated rings. The Bertz CT molecular complexity index is 675. The average molecular weight is 267 g/mol. The van der Waals surface area contributed by atoms with Crippen molar-refractivity contribution in [3.8, 4) is 5.75 Å². The lowest BCUT2D eigenvalue weighted by Crippen LogP contribution is -2.16. The number of benzene rings is 2. The molecule has 0 unspecified atom stereocenters. The molecule has 0 bridgehead atoms. The van der Waals surface area contributed by atoms with E-state index in [0.717, 1.165) is 17.5 Å². The highest BCUT2D eigenvalue weighted by Crippen LogP contribution is 2.47. The summed E-state index contributed by atoms with van der Waals surface area (Å²) in [6.07, 6.45) is 0.918. The van der Waals surface area contributed by atoms with Crippen molar-refractivity contribution in [3.63, 3.8) is 0 Å². The molecule has 0 spiro atoms. The number of hydrogen-bond donors (Lipinski definition) is 2. The van der Waals surface area contributed by atoms with Crippen molar-refractivity contribution < 1.29 is 5.11 Å². The van der Waals surface area contributed by atoms with Crippen LogP contribution in [-0.2, 0) is 6.42 Å². The molecule has 0 saturated heterocycles. The van der Waals surface area contributed by atoms with Crippen LogP contribution >= 0.6 is 0 Å². The molecule has 104 valence electrons. The second kappa shape index (κ2) is 4.64. The second-order valence-corrected chi connectivity index (χ2v) is 5.94. The van der Waals surface area contributed by atoms with Gasteiger partial charge in [0.05, 0.1) is 0 Å². The Kier molecular flexibility index (Phi) is 3.06. The summed E-state index contributed by atoms with van der Waals surface area (Å²) >= 11 is 0. The monoisotopic (exact) mass is 267 g/mol. The maximum atomic E-state index is 10.4. The first-order valence-corrected chi connectivity index (χ1v) is 7.13. The third-order valence-corrected chi connectivity index (χ3v) is 4.64. The highest BCUT2D eigenvalue weighted by atomic mass is 16.3. The van der Waals surface area contributed by atoms with Crippen LogP contribution in [0.2, 0.25) is 0 Å². The first kappa shape index (κ1) is 13.2. The van der Waals surface area contributed by atoms with Gasteiger partial charge in [-0.2, -0.15) is 0 Å². The lowest BCUT2D eigenvalue weighted by Gasteiger charge is -2.19. The van der Waals surface area contributed by atoms with E-state index >= 15 is 0 Å². The summed E-state index contributed by atoms with van der Waals surface area (Å²) in [5.74, 6) is 0.645. The van der Waals surface area contributed by atoms with Crippen molar-refractivity contribution in [2.24, 2.45) is 5.73 Å². The third-order valence-electron chi connectivity index (χ3n) is 4.64. The molecule has 0 aliphatic heterocycles. The van der Waals surface area contributed by atoms with Crippen LogP contribution < -0.4 is 5.73 Å². The zero-order chi connectivity index (χ0) is 14.4. The van der Waals surface area contributed by atoms with Gasteiger partial charge in [-0.05, 0) is 55.0 Å². The van der Waals surface area contributed by atoms with Gasteiger partial charge in [0, 0.05) is 17.5 Å². The summed E-state index contributed by atoms with van der Waals surface area (Å²) in [6, 6.07) is 10.3. The third kappa shape index (κ3) is 1.83. The Labute approximate surface area is 120 Å². The van der Waals surface area contributed by atoms with E-state index in [1.165, 1.54) is 22.3 Å². The van der Waals surface area contributed by atoms with Crippen molar-refractivity contribution in [3.05, 3.63) is 63.7 Å². The molecule has 3 N–H and O–H groups in total. The van der Waals surface area contributed by atoms with Crippen LogP contribution in [0, 0.1) is 20.8 Å². The smallest absolute Gasteiger partial charge is 0.123 e. The van der Waals surface area contributed by atoms with Gasteiger partial charge in [-0.25, -0.2) is 0 Å². The number of phenolic OH excluding ortho intramolecular Hbond substituents is 1. The summed E-state index contributed by atoms with van der Waals surface area (Å²) < 4.78 is 0. The van der Waals surface area contributed by atoms with Gasteiger partial charge in [-0.3, -0.25) is 0 Å². The second-order valence-electron chi connectivity index (χ2n) is 5.94. The van der Waals surface area contributed by atoms with Crippen LogP contribution in [0.3, 0.4) is 0 Å². The van der Waals surface area contributed by atoms with Crippen LogP contribution in [0.4, 0.5) is 0 Å². The molecule has 0 amide bonds. The summed E-state index contributed by atoms with van der Waals surface area (Å²) in [7, 11) is 0. The highest BCUT2D eigenvalue weighted by molar-refractivity contribution is 5.56. The number of aryl methyl sites for hydroxylation is 3. The van der Waals surface area contributed by atoms with Crippen molar-refractivity contribution in [1.82, 2.24) is 0 Å². The Morgan fingerprint density at radius 3 is 2.45 bits per heavy atom. The Morgan fingerprint density at radius 1 is 1.05 bits per heavy atom. The van der Waals surface area contributed by atoms with Gasteiger partial charge in [-0.15, -0.1) is 0 Å². The van der Waals surface area contributed by atoms with Crippen LogP contribution in [-0.4, -0.2) is 5.11 Å². The minimum atomic E-state index is -0.121. The van der Waals surface area contributed by atoms with Crippen molar-refractivity contribution in [1.29, 1.82) is 0 Å². The zero-order valence-corrected chi connectivity index (χ0v) is 12.3. The lowest BCUT2D eigenvalue weighted by atomic mass is 9.89. The predicted molar refractivity (Wildman–Crippen MR) is 82.1 cm³/mol. The van der Waals surface area contributed by atoms with E-state index in [9.17, 15) is 5.11 Å². The molecule has 2 aromatic rings. The molecule has 2 heteroatoms. The molecule has 1 aliphatic carbocycles. The van der Waals surface area contributed by atoms with Crippen molar-refractivity contribution in [2.45, 2.75) is 39.2 Å². The lowest BCUT2D eigenvalue weighted by molar-refractivity contribution is 0.455. The number of rotatable bonds is 1. The van der Waals surface area contributed by atoms with Crippen LogP contribution in [0.5, 0.6) is 5.75 Å². The summed E-state index contributed by atoms with van der Waals surface area (Å²) in [6.45, 7) is 6.18. The summed E-state index contributed by atoms with van der Waals surface area (Å²) in [4.78, 5) is 0. The van der Waals surface area contributed by atoms with Gasteiger partial charge in [-0.1, -0.05) is 30.3 Å². The Morgan fingerprint density at radius 2 is 1.75 bits per heavy atom. The molecule has 3 rings (SSSR count). The molecule has 2 nitrogen and oxygen atoms in total. The van der Waals surface area contributed by atoms with Crippen molar-refractivity contribution >= 4 is 0 Å². The fourth-order valence-electron chi connectivity index (χ4n) is 3.53. The van der Waals surface area contributed by atoms with Gasteiger partial charge in [0.15, 0.2) is 0 Å². The van der Waals surface area contributed by atoms with Gasteiger partial charge in [0.25, 0.3) is 0 Å². The fraction of sp³-hybridized carbons (Fsp3) is 0.333. The first-order chi connectivity index (χ1) is 9.50. The van der Waals surface area contributed by atoms with E-state index in [4.69, 9.17) is 5.73 Å². The molecule has 0 heterocycles. The quantitative estimate of drug-likeness (QED) is 0.828. The molecular formula is C18H21NO. The van der Waals surface area contributed by atoms with Crippen LogP contribution in [0.25, 0.3) is 0 Å². The maximum Gasteiger partial charge on any atom is 0.123 e. The Balaban J connectivity index is 2.12. The Hall–Kier alpha value is -1.80. The SMILES string of the molecule is Cc1ccccc1[C@@H]1Cc2c(C)cc(C)c(O)c2[C@@H]1N. The van der Waals surface area contributed by atoms with Gasteiger partial charge in [0.2, 0.25) is 0 Å². The van der Waals surface area contributed by atoms with E-state index in [1.807, 2.05) is 6.92 Å². The predicted octanol–water partition coefficient (Wildman–Crippen LogP) is 3.66. The number of fused-ring (bicyclic) bond motifs is 1. The van der Waals surface area contributed by atoms with Crippen LogP contribution in [0.1, 0.15) is 45.3 Å². The number of hydrogen-bond acceptors (Lipinski definition) is 2. The van der Waals surface area contributed by atoms with E-state index in [0.29, 0.717) is 5.75 Å². The molecule has 2 aromatic carbocycles.